The summed E-state index contributed by atoms with van der Waals surface area (Å²) in [6.07, 6.45) is 1.89. The van der Waals surface area contributed by atoms with Crippen molar-refractivity contribution in [2.45, 2.75) is 46.3 Å². The number of piperidine rings is 1. The van der Waals surface area contributed by atoms with Crippen LogP contribution in [0.15, 0.2) is 24.3 Å². The Bertz CT molecular complexity index is 788. The third-order valence-electron chi connectivity index (χ3n) is 4.89. The summed E-state index contributed by atoms with van der Waals surface area (Å²) in [5, 5.41) is 7.44. The van der Waals surface area contributed by atoms with E-state index in [0.717, 1.165) is 43.0 Å². The molecule has 0 radical (unpaired) electrons. The van der Waals surface area contributed by atoms with Gasteiger partial charge in [-0.25, -0.2) is 4.39 Å². The fourth-order valence-corrected chi connectivity index (χ4v) is 3.53. The SMILES string of the molecule is CCn1nc(C)c(NC(=O)CN2CCC[C@H](Oc3ccc(F)cc3)C2)c1C. The van der Waals surface area contributed by atoms with Crippen molar-refractivity contribution >= 4 is 11.6 Å². The van der Waals surface area contributed by atoms with E-state index in [9.17, 15) is 9.18 Å². The maximum atomic E-state index is 13.0. The van der Waals surface area contributed by atoms with Crippen LogP contribution in [0.25, 0.3) is 0 Å². The van der Waals surface area contributed by atoms with Crippen LogP contribution in [0.5, 0.6) is 5.75 Å². The van der Waals surface area contributed by atoms with Crippen LogP contribution in [0, 0.1) is 19.7 Å². The summed E-state index contributed by atoms with van der Waals surface area (Å²) in [5.74, 6) is 0.339. The molecule has 1 amide bonds. The van der Waals surface area contributed by atoms with Crippen molar-refractivity contribution in [2.24, 2.45) is 0 Å². The molecule has 1 atom stereocenters. The summed E-state index contributed by atoms with van der Waals surface area (Å²) < 4.78 is 20.8. The number of anilines is 1. The first-order valence-electron chi connectivity index (χ1n) is 9.44. The molecule has 3 rings (SSSR count). The molecular weight excluding hydrogens is 347 g/mol. The number of amides is 1. The number of carbonyl (C=O) groups is 1. The zero-order chi connectivity index (χ0) is 19.4. The summed E-state index contributed by atoms with van der Waals surface area (Å²) in [6, 6.07) is 6.06. The van der Waals surface area contributed by atoms with Gasteiger partial charge in [-0.1, -0.05) is 0 Å². The molecule has 0 aliphatic carbocycles. The van der Waals surface area contributed by atoms with Crippen molar-refractivity contribution < 1.29 is 13.9 Å². The first kappa shape index (κ1) is 19.4. The van der Waals surface area contributed by atoms with Crippen molar-refractivity contribution in [3.8, 4) is 5.75 Å². The molecule has 27 heavy (non-hydrogen) atoms. The average molecular weight is 374 g/mol. The zero-order valence-corrected chi connectivity index (χ0v) is 16.2. The minimum absolute atomic E-state index is 0.00308. The Morgan fingerprint density at radius 1 is 1.33 bits per heavy atom. The largest absolute Gasteiger partial charge is 0.489 e. The van der Waals surface area contributed by atoms with Crippen LogP contribution in [-0.2, 0) is 11.3 Å². The molecular formula is C20H27FN4O2. The molecule has 6 nitrogen and oxygen atoms in total. The Balaban J connectivity index is 1.55. The van der Waals surface area contributed by atoms with Crippen LogP contribution in [-0.4, -0.2) is 46.3 Å². The van der Waals surface area contributed by atoms with Gasteiger partial charge in [-0.15, -0.1) is 0 Å². The van der Waals surface area contributed by atoms with Crippen LogP contribution >= 0.6 is 0 Å². The third kappa shape index (κ3) is 4.86. The summed E-state index contributed by atoms with van der Waals surface area (Å²) in [6.45, 7) is 8.53. The Morgan fingerprint density at radius 3 is 2.74 bits per heavy atom. The summed E-state index contributed by atoms with van der Waals surface area (Å²) in [7, 11) is 0. The predicted molar refractivity (Wildman–Crippen MR) is 102 cm³/mol. The highest BCUT2D eigenvalue weighted by molar-refractivity contribution is 5.93. The van der Waals surface area contributed by atoms with E-state index in [2.05, 4.69) is 15.3 Å². The number of benzene rings is 1. The van der Waals surface area contributed by atoms with E-state index in [0.29, 0.717) is 18.8 Å². The molecule has 1 fully saturated rings. The van der Waals surface area contributed by atoms with Gasteiger partial charge in [-0.2, -0.15) is 5.10 Å². The molecule has 0 saturated carbocycles. The fourth-order valence-electron chi connectivity index (χ4n) is 3.53. The van der Waals surface area contributed by atoms with Crippen LogP contribution in [0.3, 0.4) is 0 Å². The van der Waals surface area contributed by atoms with Gasteiger partial charge in [0.2, 0.25) is 5.91 Å². The number of hydrogen-bond donors (Lipinski definition) is 1. The Kier molecular flexibility index (Phi) is 6.11. The number of rotatable bonds is 6. The first-order valence-corrected chi connectivity index (χ1v) is 9.44. The maximum Gasteiger partial charge on any atom is 0.238 e. The van der Waals surface area contributed by atoms with E-state index in [1.54, 1.807) is 12.1 Å². The number of nitrogens with zero attached hydrogens (tertiary/aromatic N) is 3. The highest BCUT2D eigenvalue weighted by Crippen LogP contribution is 2.21. The number of hydrogen-bond acceptors (Lipinski definition) is 4. The van der Waals surface area contributed by atoms with Gasteiger partial charge in [0.25, 0.3) is 0 Å². The third-order valence-corrected chi connectivity index (χ3v) is 4.89. The van der Waals surface area contributed by atoms with Gasteiger partial charge in [0.15, 0.2) is 0 Å². The van der Waals surface area contributed by atoms with Crippen LogP contribution < -0.4 is 10.1 Å². The van der Waals surface area contributed by atoms with Crippen molar-refractivity contribution in [1.82, 2.24) is 14.7 Å². The molecule has 1 N–H and O–H groups in total. The smallest absolute Gasteiger partial charge is 0.238 e. The molecule has 1 saturated heterocycles. The molecule has 1 aromatic heterocycles. The van der Waals surface area contributed by atoms with Crippen LogP contribution in [0.1, 0.15) is 31.2 Å². The van der Waals surface area contributed by atoms with E-state index in [-0.39, 0.29) is 17.8 Å². The number of halogens is 1. The van der Waals surface area contributed by atoms with E-state index in [1.165, 1.54) is 12.1 Å². The van der Waals surface area contributed by atoms with E-state index < -0.39 is 0 Å². The fraction of sp³-hybridized carbons (Fsp3) is 0.500. The Hall–Kier alpha value is -2.41. The second-order valence-electron chi connectivity index (χ2n) is 6.98. The molecule has 1 aromatic carbocycles. The van der Waals surface area contributed by atoms with Gasteiger partial charge >= 0.3 is 0 Å². The lowest BCUT2D eigenvalue weighted by Gasteiger charge is -2.32. The van der Waals surface area contributed by atoms with Crippen molar-refractivity contribution in [3.63, 3.8) is 0 Å². The number of aryl methyl sites for hydroxylation is 2. The van der Waals surface area contributed by atoms with Crippen LogP contribution in [0.2, 0.25) is 0 Å². The van der Waals surface area contributed by atoms with Crippen LogP contribution in [0.4, 0.5) is 10.1 Å². The normalized spacial score (nSPS) is 17.7. The molecule has 0 bridgehead atoms. The molecule has 0 spiro atoms. The van der Waals surface area contributed by atoms with E-state index in [1.807, 2.05) is 25.5 Å². The zero-order valence-electron chi connectivity index (χ0n) is 16.2. The van der Waals surface area contributed by atoms with Crippen molar-refractivity contribution in [2.75, 3.05) is 25.0 Å². The summed E-state index contributed by atoms with van der Waals surface area (Å²) >= 11 is 0. The Labute approximate surface area is 159 Å². The highest BCUT2D eigenvalue weighted by Gasteiger charge is 2.23. The lowest BCUT2D eigenvalue weighted by atomic mass is 10.1. The second kappa shape index (κ2) is 8.52. The lowest BCUT2D eigenvalue weighted by Crippen LogP contribution is -2.44. The molecule has 1 aliphatic rings. The van der Waals surface area contributed by atoms with Gasteiger partial charge < -0.3 is 10.1 Å². The number of nitrogens with one attached hydrogen (secondary N) is 1. The Morgan fingerprint density at radius 2 is 2.07 bits per heavy atom. The average Bonchev–Trinajstić information content (AvgIpc) is 2.91. The van der Waals surface area contributed by atoms with Crippen molar-refractivity contribution in [1.29, 1.82) is 0 Å². The second-order valence-corrected chi connectivity index (χ2v) is 6.98. The summed E-state index contributed by atoms with van der Waals surface area (Å²) in [4.78, 5) is 14.6. The molecule has 2 heterocycles. The van der Waals surface area contributed by atoms with Crippen molar-refractivity contribution in [3.05, 3.63) is 41.5 Å². The monoisotopic (exact) mass is 374 g/mol. The van der Waals surface area contributed by atoms with Gasteiger partial charge in [0.05, 0.1) is 23.6 Å². The standard InChI is InChI=1S/C20H27FN4O2/c1-4-25-15(3)20(14(2)23-25)22-19(26)13-24-11-5-6-18(12-24)27-17-9-7-16(21)8-10-17/h7-10,18H,4-6,11-13H2,1-3H3,(H,22,26)/t18-/m0/s1. The summed E-state index contributed by atoms with van der Waals surface area (Å²) in [5.41, 5.74) is 2.61. The van der Waals surface area contributed by atoms with Gasteiger partial charge in [-0.05, 0) is 64.4 Å². The number of carbonyl (C=O) groups excluding carboxylic acids is 1. The first-order chi connectivity index (χ1) is 13.0. The van der Waals surface area contributed by atoms with Gasteiger partial charge in [0.1, 0.15) is 17.7 Å². The number of likely N-dealkylation sites (tertiary alicyclic amines) is 1. The lowest BCUT2D eigenvalue weighted by molar-refractivity contribution is -0.117. The molecule has 2 aromatic rings. The predicted octanol–water partition coefficient (Wildman–Crippen LogP) is 3.14. The minimum Gasteiger partial charge on any atom is -0.489 e. The highest BCUT2D eigenvalue weighted by atomic mass is 19.1. The van der Waals surface area contributed by atoms with E-state index >= 15 is 0 Å². The molecule has 0 unspecified atom stereocenters. The minimum atomic E-state index is -0.277. The van der Waals surface area contributed by atoms with Gasteiger partial charge in [-0.3, -0.25) is 14.4 Å². The van der Waals surface area contributed by atoms with Gasteiger partial charge in [0, 0.05) is 13.1 Å². The molecule has 7 heteroatoms. The van der Waals surface area contributed by atoms with E-state index in [4.69, 9.17) is 4.74 Å². The number of ether oxygens (including phenoxy) is 1. The topological polar surface area (TPSA) is 59.4 Å². The molecule has 1 aliphatic heterocycles. The quantitative estimate of drug-likeness (QED) is 0.844. The maximum absolute atomic E-state index is 13.0. The number of aromatic nitrogens is 2. The molecule has 146 valence electrons.